The Morgan fingerprint density at radius 3 is 2.16 bits per heavy atom. The molecule has 4 rings (SSSR count). The molecule has 1 aromatic heterocycles. The van der Waals surface area contributed by atoms with E-state index >= 15 is 0 Å². The lowest BCUT2D eigenvalue weighted by Crippen LogP contribution is -2.49. The molecule has 0 unspecified atom stereocenters. The molecule has 1 aliphatic heterocycles. The largest absolute Gasteiger partial charge is 0.484 e. The van der Waals surface area contributed by atoms with Gasteiger partial charge < -0.3 is 18.9 Å². The van der Waals surface area contributed by atoms with Crippen molar-refractivity contribution in [3.63, 3.8) is 0 Å². The molecule has 0 N–H and O–H groups in total. The summed E-state index contributed by atoms with van der Waals surface area (Å²) in [6.07, 6.45) is 0. The highest BCUT2D eigenvalue weighted by Gasteiger charge is 2.22. The van der Waals surface area contributed by atoms with Gasteiger partial charge in [0, 0.05) is 32.2 Å². The van der Waals surface area contributed by atoms with Crippen molar-refractivity contribution < 1.29 is 18.8 Å². The van der Waals surface area contributed by atoms with Crippen LogP contribution in [0.15, 0.2) is 59.1 Å². The fourth-order valence-electron chi connectivity index (χ4n) is 3.45. The number of piperazine rings is 1. The summed E-state index contributed by atoms with van der Waals surface area (Å²) in [5.41, 5.74) is 2.07. The predicted octanol–water partition coefficient (Wildman–Crippen LogP) is 3.81. The molecule has 2 heterocycles. The normalized spacial score (nSPS) is 14.5. The Labute approximate surface area is 182 Å². The van der Waals surface area contributed by atoms with Gasteiger partial charge in [0.25, 0.3) is 5.91 Å². The van der Waals surface area contributed by atoms with Gasteiger partial charge in [0.15, 0.2) is 12.4 Å². The van der Waals surface area contributed by atoms with Gasteiger partial charge in [0.2, 0.25) is 0 Å². The van der Waals surface area contributed by atoms with E-state index in [-0.39, 0.29) is 12.5 Å². The summed E-state index contributed by atoms with van der Waals surface area (Å²) in [5.74, 6) is 3.00. The zero-order valence-electron chi connectivity index (χ0n) is 17.9. The number of aromatic nitrogens is 1. The van der Waals surface area contributed by atoms with Crippen molar-refractivity contribution >= 4 is 5.91 Å². The van der Waals surface area contributed by atoms with Crippen LogP contribution >= 0.6 is 0 Å². The fourth-order valence-corrected chi connectivity index (χ4v) is 3.45. The highest BCUT2D eigenvalue weighted by molar-refractivity contribution is 5.77. The molecule has 1 aliphatic rings. The lowest BCUT2D eigenvalue weighted by molar-refractivity contribution is -0.135. The van der Waals surface area contributed by atoms with Gasteiger partial charge in [0.1, 0.15) is 17.2 Å². The number of nitrogens with zero attached hydrogens (tertiary/aromatic N) is 3. The van der Waals surface area contributed by atoms with Crippen molar-refractivity contribution in [1.82, 2.24) is 15.0 Å². The van der Waals surface area contributed by atoms with Crippen LogP contribution in [0.5, 0.6) is 17.2 Å². The van der Waals surface area contributed by atoms with Crippen LogP contribution in [-0.2, 0) is 11.3 Å². The van der Waals surface area contributed by atoms with E-state index in [0.717, 1.165) is 42.6 Å². The molecule has 1 fully saturated rings. The Morgan fingerprint density at radius 2 is 1.55 bits per heavy atom. The van der Waals surface area contributed by atoms with Gasteiger partial charge in [-0.3, -0.25) is 9.69 Å². The predicted molar refractivity (Wildman–Crippen MR) is 116 cm³/mol. The van der Waals surface area contributed by atoms with Crippen LogP contribution in [0.4, 0.5) is 0 Å². The van der Waals surface area contributed by atoms with Gasteiger partial charge in [-0.25, -0.2) is 0 Å². The van der Waals surface area contributed by atoms with Crippen LogP contribution in [-0.4, -0.2) is 53.6 Å². The standard InChI is InChI=1S/C24H27N3O4/c1-18-3-5-21(6-4-18)30-22-9-7-20(8-10-22)29-17-24(28)27-13-11-26(12-14-27)16-23-15-19(2)25-31-23/h3-10,15H,11-14,16-17H2,1-2H3. The number of rotatable bonds is 7. The fraction of sp³-hybridized carbons (Fsp3) is 0.333. The third-order valence-corrected chi connectivity index (χ3v) is 5.22. The Bertz CT molecular complexity index is 990. The maximum absolute atomic E-state index is 12.5. The summed E-state index contributed by atoms with van der Waals surface area (Å²) in [5, 5.41) is 3.92. The van der Waals surface area contributed by atoms with Gasteiger partial charge in [-0.2, -0.15) is 0 Å². The number of aryl methyl sites for hydroxylation is 2. The van der Waals surface area contributed by atoms with Crippen LogP contribution in [0.3, 0.4) is 0 Å². The molecule has 0 spiro atoms. The van der Waals surface area contributed by atoms with E-state index in [1.54, 1.807) is 0 Å². The summed E-state index contributed by atoms with van der Waals surface area (Å²) >= 11 is 0. The number of amides is 1. The van der Waals surface area contributed by atoms with E-state index in [2.05, 4.69) is 10.1 Å². The van der Waals surface area contributed by atoms with E-state index < -0.39 is 0 Å². The third-order valence-electron chi connectivity index (χ3n) is 5.22. The second-order valence-corrected chi connectivity index (χ2v) is 7.77. The smallest absolute Gasteiger partial charge is 0.260 e. The van der Waals surface area contributed by atoms with Crippen molar-refractivity contribution in [2.75, 3.05) is 32.8 Å². The number of carbonyl (C=O) groups is 1. The topological polar surface area (TPSA) is 68.0 Å². The SMILES string of the molecule is Cc1ccc(Oc2ccc(OCC(=O)N3CCN(Cc4cc(C)no4)CC3)cc2)cc1. The van der Waals surface area contributed by atoms with Crippen LogP contribution < -0.4 is 9.47 Å². The van der Waals surface area contributed by atoms with E-state index in [1.807, 2.05) is 73.3 Å². The lowest BCUT2D eigenvalue weighted by Gasteiger charge is -2.34. The number of ether oxygens (including phenoxy) is 2. The van der Waals surface area contributed by atoms with Crippen LogP contribution in [0.2, 0.25) is 0 Å². The first-order chi connectivity index (χ1) is 15.0. The van der Waals surface area contributed by atoms with E-state index in [4.69, 9.17) is 14.0 Å². The maximum atomic E-state index is 12.5. The summed E-state index contributed by atoms with van der Waals surface area (Å²) in [6.45, 7) is 7.66. The van der Waals surface area contributed by atoms with Gasteiger partial charge in [-0.05, 0) is 50.2 Å². The Hall–Kier alpha value is -3.32. The van der Waals surface area contributed by atoms with Crippen molar-refractivity contribution in [3.8, 4) is 17.2 Å². The number of benzene rings is 2. The number of carbonyl (C=O) groups excluding carboxylic acids is 1. The quantitative estimate of drug-likeness (QED) is 0.578. The summed E-state index contributed by atoms with van der Waals surface area (Å²) < 4.78 is 16.8. The number of hydrogen-bond acceptors (Lipinski definition) is 6. The van der Waals surface area contributed by atoms with Crippen LogP contribution in [0.25, 0.3) is 0 Å². The second-order valence-electron chi connectivity index (χ2n) is 7.77. The average Bonchev–Trinajstić information content (AvgIpc) is 3.19. The highest BCUT2D eigenvalue weighted by atomic mass is 16.5. The Kier molecular flexibility index (Phi) is 6.52. The molecular weight excluding hydrogens is 394 g/mol. The maximum Gasteiger partial charge on any atom is 0.260 e. The van der Waals surface area contributed by atoms with Gasteiger partial charge in [-0.1, -0.05) is 22.9 Å². The molecule has 0 saturated carbocycles. The Morgan fingerprint density at radius 1 is 0.935 bits per heavy atom. The molecule has 0 aliphatic carbocycles. The lowest BCUT2D eigenvalue weighted by atomic mass is 10.2. The van der Waals surface area contributed by atoms with Crippen molar-refractivity contribution in [2.24, 2.45) is 0 Å². The van der Waals surface area contributed by atoms with Crippen molar-refractivity contribution in [2.45, 2.75) is 20.4 Å². The van der Waals surface area contributed by atoms with Crippen LogP contribution in [0.1, 0.15) is 17.0 Å². The van der Waals surface area contributed by atoms with Gasteiger partial charge in [-0.15, -0.1) is 0 Å². The zero-order valence-corrected chi connectivity index (χ0v) is 17.9. The Balaban J connectivity index is 1.20. The minimum atomic E-state index is -0.00450. The van der Waals surface area contributed by atoms with Crippen LogP contribution in [0, 0.1) is 13.8 Å². The molecular formula is C24H27N3O4. The molecule has 0 atom stereocenters. The van der Waals surface area contributed by atoms with Crippen molar-refractivity contribution in [1.29, 1.82) is 0 Å². The highest BCUT2D eigenvalue weighted by Crippen LogP contribution is 2.24. The van der Waals surface area contributed by atoms with E-state index in [1.165, 1.54) is 5.56 Å². The second kappa shape index (κ2) is 9.66. The van der Waals surface area contributed by atoms with Crippen molar-refractivity contribution in [3.05, 3.63) is 71.6 Å². The first-order valence-corrected chi connectivity index (χ1v) is 10.4. The van der Waals surface area contributed by atoms with E-state index in [9.17, 15) is 4.79 Å². The minimum absolute atomic E-state index is 0.00450. The monoisotopic (exact) mass is 421 g/mol. The molecule has 7 nitrogen and oxygen atoms in total. The molecule has 7 heteroatoms. The first kappa shape index (κ1) is 20.9. The zero-order chi connectivity index (χ0) is 21.6. The summed E-state index contributed by atoms with van der Waals surface area (Å²) in [6, 6.07) is 17.1. The van der Waals surface area contributed by atoms with Gasteiger partial charge in [0.05, 0.1) is 12.2 Å². The average molecular weight is 421 g/mol. The van der Waals surface area contributed by atoms with E-state index in [0.29, 0.717) is 18.8 Å². The third kappa shape index (κ3) is 5.86. The molecule has 0 radical (unpaired) electrons. The molecule has 1 saturated heterocycles. The summed E-state index contributed by atoms with van der Waals surface area (Å²) in [4.78, 5) is 16.6. The minimum Gasteiger partial charge on any atom is -0.484 e. The van der Waals surface area contributed by atoms with Gasteiger partial charge >= 0.3 is 0 Å². The number of hydrogen-bond donors (Lipinski definition) is 0. The molecule has 3 aromatic rings. The molecule has 2 aromatic carbocycles. The summed E-state index contributed by atoms with van der Waals surface area (Å²) in [7, 11) is 0. The molecule has 1 amide bonds. The molecule has 162 valence electrons. The molecule has 31 heavy (non-hydrogen) atoms. The molecule has 0 bridgehead atoms. The first-order valence-electron chi connectivity index (χ1n) is 10.4.